The van der Waals surface area contributed by atoms with Gasteiger partial charge in [-0.25, -0.2) is 4.79 Å². The van der Waals surface area contributed by atoms with Crippen LogP contribution >= 0.6 is 0 Å². The molecule has 0 aliphatic carbocycles. The first kappa shape index (κ1) is 13.0. The number of hydrogen-bond donors (Lipinski definition) is 2. The molecule has 3 rings (SSSR count). The van der Waals surface area contributed by atoms with Gasteiger partial charge in [-0.05, 0) is 48.0 Å². The lowest BCUT2D eigenvalue weighted by Gasteiger charge is -2.08. The summed E-state index contributed by atoms with van der Waals surface area (Å²) in [6, 6.07) is 14.0. The number of nitrogens with one attached hydrogen (secondary N) is 2. The third kappa shape index (κ3) is 2.95. The molecule has 5 nitrogen and oxygen atoms in total. The minimum absolute atomic E-state index is 0.321. The van der Waals surface area contributed by atoms with Gasteiger partial charge in [-0.15, -0.1) is 0 Å². The maximum Gasteiger partial charge on any atom is 0.323 e. The highest BCUT2D eigenvalue weighted by Gasteiger charge is 2.12. The lowest BCUT2D eigenvalue weighted by Crippen LogP contribution is -2.19. The Morgan fingerprint density at radius 1 is 1.10 bits per heavy atom. The van der Waals surface area contributed by atoms with E-state index in [2.05, 4.69) is 10.6 Å². The molecule has 2 amide bonds. The van der Waals surface area contributed by atoms with Crippen molar-refractivity contribution in [3.8, 4) is 11.8 Å². The predicted octanol–water partition coefficient (Wildman–Crippen LogP) is 3.14. The van der Waals surface area contributed by atoms with Gasteiger partial charge in [0.1, 0.15) is 5.75 Å². The lowest BCUT2D eigenvalue weighted by atomic mass is 10.1. The quantitative estimate of drug-likeness (QED) is 0.886. The van der Waals surface area contributed by atoms with Crippen molar-refractivity contribution in [2.24, 2.45) is 0 Å². The highest BCUT2D eigenvalue weighted by molar-refractivity contribution is 5.99. The van der Waals surface area contributed by atoms with Gasteiger partial charge in [0.15, 0.2) is 0 Å². The Hall–Kier alpha value is -3.00. The summed E-state index contributed by atoms with van der Waals surface area (Å²) in [6.07, 6.45) is 0.863. The van der Waals surface area contributed by atoms with Crippen LogP contribution in [0.3, 0.4) is 0 Å². The second kappa shape index (κ2) is 5.55. The van der Waals surface area contributed by atoms with Crippen molar-refractivity contribution >= 4 is 17.4 Å². The molecule has 0 saturated carbocycles. The van der Waals surface area contributed by atoms with Crippen molar-refractivity contribution in [1.29, 1.82) is 5.26 Å². The smallest absolute Gasteiger partial charge is 0.323 e. The number of rotatable bonds is 2. The fourth-order valence-corrected chi connectivity index (χ4v) is 2.19. The van der Waals surface area contributed by atoms with Crippen molar-refractivity contribution in [3.63, 3.8) is 0 Å². The number of fused-ring (bicyclic) bond motifs is 1. The molecule has 0 aromatic heterocycles. The van der Waals surface area contributed by atoms with E-state index in [1.54, 1.807) is 24.3 Å². The average Bonchev–Trinajstić information content (AvgIpc) is 2.95. The van der Waals surface area contributed by atoms with E-state index in [4.69, 9.17) is 10.00 Å². The molecule has 0 bridgehead atoms. The minimum Gasteiger partial charge on any atom is -0.493 e. The first-order chi connectivity index (χ1) is 10.2. The third-order valence-electron chi connectivity index (χ3n) is 3.22. The Bertz CT molecular complexity index is 717. The summed E-state index contributed by atoms with van der Waals surface area (Å²) < 4.78 is 5.42. The molecule has 0 unspecified atom stereocenters. The predicted molar refractivity (Wildman–Crippen MR) is 79.4 cm³/mol. The zero-order valence-electron chi connectivity index (χ0n) is 11.2. The molecule has 1 aliphatic heterocycles. The van der Waals surface area contributed by atoms with Gasteiger partial charge in [0, 0.05) is 17.8 Å². The number of benzene rings is 2. The molecule has 2 aromatic rings. The van der Waals surface area contributed by atoms with E-state index in [1.165, 1.54) is 0 Å². The van der Waals surface area contributed by atoms with E-state index >= 15 is 0 Å². The first-order valence-corrected chi connectivity index (χ1v) is 6.58. The second-order valence-electron chi connectivity index (χ2n) is 4.69. The van der Waals surface area contributed by atoms with Crippen LogP contribution in [-0.2, 0) is 6.42 Å². The zero-order valence-corrected chi connectivity index (χ0v) is 11.2. The molecule has 2 N–H and O–H groups in total. The maximum absolute atomic E-state index is 11.9. The number of ether oxygens (including phenoxy) is 1. The number of amides is 2. The van der Waals surface area contributed by atoms with Gasteiger partial charge >= 0.3 is 6.03 Å². The molecule has 5 heteroatoms. The van der Waals surface area contributed by atoms with Crippen molar-refractivity contribution < 1.29 is 9.53 Å². The standard InChI is InChI=1S/C16H13N3O2/c17-10-11-1-3-13(4-2-11)18-16(20)19-14-5-6-15-12(9-14)7-8-21-15/h1-6,9H,7-8H2,(H2,18,19,20). The average molecular weight is 279 g/mol. The Kier molecular flexibility index (Phi) is 3.44. The number of carbonyl (C=O) groups excluding carboxylic acids is 1. The van der Waals surface area contributed by atoms with Crippen molar-refractivity contribution in [3.05, 3.63) is 53.6 Å². The monoisotopic (exact) mass is 279 g/mol. The van der Waals surface area contributed by atoms with Gasteiger partial charge in [-0.2, -0.15) is 5.26 Å². The number of urea groups is 1. The van der Waals surface area contributed by atoms with Crippen LogP contribution in [0.4, 0.5) is 16.2 Å². The summed E-state index contributed by atoms with van der Waals surface area (Å²) in [7, 11) is 0. The SMILES string of the molecule is N#Cc1ccc(NC(=O)Nc2ccc3c(c2)CCO3)cc1. The molecule has 2 aromatic carbocycles. The van der Waals surface area contributed by atoms with Crippen molar-refractivity contribution in [1.82, 2.24) is 0 Å². The van der Waals surface area contributed by atoms with E-state index in [1.807, 2.05) is 24.3 Å². The maximum atomic E-state index is 11.9. The van der Waals surface area contributed by atoms with Gasteiger partial charge in [-0.3, -0.25) is 0 Å². The Balaban J connectivity index is 1.64. The second-order valence-corrected chi connectivity index (χ2v) is 4.69. The highest BCUT2D eigenvalue weighted by Crippen LogP contribution is 2.27. The van der Waals surface area contributed by atoms with Crippen LogP contribution in [0.15, 0.2) is 42.5 Å². The summed E-state index contributed by atoms with van der Waals surface area (Å²) in [6.45, 7) is 0.691. The lowest BCUT2D eigenvalue weighted by molar-refractivity contribution is 0.262. The van der Waals surface area contributed by atoms with Gasteiger partial charge in [-0.1, -0.05) is 0 Å². The summed E-state index contributed by atoms with van der Waals surface area (Å²) in [5, 5.41) is 14.2. The Labute approximate surface area is 122 Å². The normalized spacial score (nSPS) is 12.0. The van der Waals surface area contributed by atoms with Crippen LogP contribution in [0.2, 0.25) is 0 Å². The van der Waals surface area contributed by atoms with Crippen LogP contribution < -0.4 is 15.4 Å². The van der Waals surface area contributed by atoms with Gasteiger partial charge in [0.25, 0.3) is 0 Å². The van der Waals surface area contributed by atoms with E-state index in [-0.39, 0.29) is 6.03 Å². The highest BCUT2D eigenvalue weighted by atomic mass is 16.5. The third-order valence-corrected chi connectivity index (χ3v) is 3.22. The number of hydrogen-bond acceptors (Lipinski definition) is 3. The van der Waals surface area contributed by atoms with Crippen LogP contribution in [0.1, 0.15) is 11.1 Å². The Morgan fingerprint density at radius 2 is 1.81 bits per heavy atom. The molecule has 1 heterocycles. The van der Waals surface area contributed by atoms with Gasteiger partial charge < -0.3 is 15.4 Å². The van der Waals surface area contributed by atoms with Crippen LogP contribution in [0.25, 0.3) is 0 Å². The summed E-state index contributed by atoms with van der Waals surface area (Å²) >= 11 is 0. The van der Waals surface area contributed by atoms with Gasteiger partial charge in [0.2, 0.25) is 0 Å². The topological polar surface area (TPSA) is 74.2 Å². The molecular formula is C16H13N3O2. The zero-order chi connectivity index (χ0) is 14.7. The molecule has 1 aliphatic rings. The molecule has 21 heavy (non-hydrogen) atoms. The number of nitrogens with zero attached hydrogens (tertiary/aromatic N) is 1. The fourth-order valence-electron chi connectivity index (χ4n) is 2.19. The van der Waals surface area contributed by atoms with Crippen molar-refractivity contribution in [2.75, 3.05) is 17.2 Å². The first-order valence-electron chi connectivity index (χ1n) is 6.58. The summed E-state index contributed by atoms with van der Waals surface area (Å²) in [4.78, 5) is 11.9. The molecule has 0 fully saturated rings. The summed E-state index contributed by atoms with van der Waals surface area (Å²) in [5.41, 5.74) is 3.02. The molecular weight excluding hydrogens is 266 g/mol. The number of anilines is 2. The van der Waals surface area contributed by atoms with E-state index in [9.17, 15) is 4.79 Å². The van der Waals surface area contributed by atoms with Crippen molar-refractivity contribution in [2.45, 2.75) is 6.42 Å². The van der Waals surface area contributed by atoms with Crippen LogP contribution in [0.5, 0.6) is 5.75 Å². The van der Waals surface area contributed by atoms with Crippen LogP contribution in [-0.4, -0.2) is 12.6 Å². The molecule has 0 radical (unpaired) electrons. The fraction of sp³-hybridized carbons (Fsp3) is 0.125. The number of carbonyl (C=O) groups is 1. The van der Waals surface area contributed by atoms with Gasteiger partial charge in [0.05, 0.1) is 18.2 Å². The molecule has 0 spiro atoms. The largest absolute Gasteiger partial charge is 0.493 e. The Morgan fingerprint density at radius 3 is 2.57 bits per heavy atom. The van der Waals surface area contributed by atoms with Crippen LogP contribution in [0, 0.1) is 11.3 Å². The minimum atomic E-state index is -0.321. The van der Waals surface area contributed by atoms with E-state index in [0.29, 0.717) is 17.9 Å². The number of nitriles is 1. The molecule has 0 saturated heterocycles. The summed E-state index contributed by atoms with van der Waals surface area (Å²) in [5.74, 6) is 0.882. The van der Waals surface area contributed by atoms with E-state index < -0.39 is 0 Å². The molecule has 0 atom stereocenters. The van der Waals surface area contributed by atoms with E-state index in [0.717, 1.165) is 23.4 Å². The molecule has 104 valence electrons.